The number of aromatic nitrogens is 4. The molecule has 0 spiro atoms. The molecule has 0 aliphatic carbocycles. The first kappa shape index (κ1) is 14.9. The summed E-state index contributed by atoms with van der Waals surface area (Å²) in [7, 11) is 0. The molecule has 2 aromatic heterocycles. The van der Waals surface area contributed by atoms with Crippen LogP contribution in [-0.2, 0) is 6.42 Å². The van der Waals surface area contributed by atoms with E-state index in [1.165, 1.54) is 11.3 Å². The molecule has 0 amide bonds. The van der Waals surface area contributed by atoms with Crippen LogP contribution in [0.15, 0.2) is 48.5 Å². The third-order valence-corrected chi connectivity index (χ3v) is 4.52. The lowest BCUT2D eigenvalue weighted by atomic mass is 10.1. The van der Waals surface area contributed by atoms with Crippen molar-refractivity contribution in [3.63, 3.8) is 0 Å². The molecule has 2 heterocycles. The summed E-state index contributed by atoms with van der Waals surface area (Å²) >= 11 is 7.31. The first-order chi connectivity index (χ1) is 11.7. The molecule has 0 saturated heterocycles. The molecule has 0 aliphatic heterocycles. The van der Waals surface area contributed by atoms with Gasteiger partial charge in [-0.2, -0.15) is 4.52 Å². The Kier molecular flexibility index (Phi) is 3.79. The van der Waals surface area contributed by atoms with Gasteiger partial charge < -0.3 is 10.4 Å². The summed E-state index contributed by atoms with van der Waals surface area (Å²) in [5, 5.41) is 26.9. The van der Waals surface area contributed by atoms with E-state index in [1.54, 1.807) is 16.6 Å². The number of fused-ring (bicyclic) bond motifs is 1. The summed E-state index contributed by atoms with van der Waals surface area (Å²) < 4.78 is 1.73. The van der Waals surface area contributed by atoms with Gasteiger partial charge in [-0.15, -0.1) is 15.3 Å². The van der Waals surface area contributed by atoms with E-state index >= 15 is 0 Å². The quantitative estimate of drug-likeness (QED) is 0.579. The largest absolute Gasteiger partial charge is 0.508 e. The van der Waals surface area contributed by atoms with Crippen molar-refractivity contribution < 1.29 is 5.11 Å². The van der Waals surface area contributed by atoms with Crippen LogP contribution < -0.4 is 5.32 Å². The van der Waals surface area contributed by atoms with Gasteiger partial charge in [-0.3, -0.25) is 0 Å². The molecule has 2 N–H and O–H groups in total. The highest BCUT2D eigenvalue weighted by molar-refractivity contribution is 7.20. The number of hydrogen-bond acceptors (Lipinski definition) is 6. The van der Waals surface area contributed by atoms with Crippen LogP contribution in [0, 0.1) is 0 Å². The Balaban J connectivity index is 1.58. The van der Waals surface area contributed by atoms with Crippen LogP contribution in [0.2, 0.25) is 5.02 Å². The molecule has 0 radical (unpaired) electrons. The molecule has 8 heteroatoms. The van der Waals surface area contributed by atoms with Gasteiger partial charge in [0.05, 0.1) is 0 Å². The molecule has 0 unspecified atom stereocenters. The number of nitrogens with one attached hydrogen (secondary N) is 1. The van der Waals surface area contributed by atoms with Gasteiger partial charge in [0, 0.05) is 17.1 Å². The molecule has 0 saturated carbocycles. The number of benzene rings is 2. The second-order valence-electron chi connectivity index (χ2n) is 5.19. The minimum atomic E-state index is 0.244. The topological polar surface area (TPSA) is 75.3 Å². The number of halogens is 1. The van der Waals surface area contributed by atoms with Crippen LogP contribution in [0.25, 0.3) is 4.96 Å². The Morgan fingerprint density at radius 1 is 1.04 bits per heavy atom. The van der Waals surface area contributed by atoms with Gasteiger partial charge in [-0.05, 0) is 42.0 Å². The zero-order chi connectivity index (χ0) is 16.5. The van der Waals surface area contributed by atoms with Gasteiger partial charge >= 0.3 is 0 Å². The molecule has 4 aromatic rings. The minimum absolute atomic E-state index is 0.244. The van der Waals surface area contributed by atoms with Crippen molar-refractivity contribution in [2.75, 3.05) is 5.32 Å². The number of phenols is 1. The lowest BCUT2D eigenvalue weighted by Crippen LogP contribution is -1.98. The first-order valence-corrected chi connectivity index (χ1v) is 8.38. The normalized spacial score (nSPS) is 11.0. The standard InChI is InChI=1S/C16H12ClN5OS/c17-11-3-5-12(6-4-11)18-15-21-22-14(19-20-16(22)24-15)9-10-1-7-13(23)8-2-10/h1-8,23H,9H2,(H,18,21). The van der Waals surface area contributed by atoms with Gasteiger partial charge in [-0.25, -0.2) is 0 Å². The fourth-order valence-corrected chi connectivity index (χ4v) is 3.18. The lowest BCUT2D eigenvalue weighted by molar-refractivity contribution is 0.475. The van der Waals surface area contributed by atoms with Crippen LogP contribution in [-0.4, -0.2) is 24.9 Å². The van der Waals surface area contributed by atoms with Crippen molar-refractivity contribution in [3.05, 3.63) is 64.9 Å². The monoisotopic (exact) mass is 357 g/mol. The van der Waals surface area contributed by atoms with Gasteiger partial charge in [0.2, 0.25) is 10.1 Å². The number of nitrogens with zero attached hydrogens (tertiary/aromatic N) is 4. The molecule has 0 atom stereocenters. The number of aromatic hydroxyl groups is 1. The molecular formula is C16H12ClN5OS. The summed E-state index contributed by atoms with van der Waals surface area (Å²) in [5.74, 6) is 0.990. The molecule has 4 rings (SSSR count). The predicted octanol–water partition coefficient (Wildman–Crippen LogP) is 3.88. The molecular weight excluding hydrogens is 346 g/mol. The molecule has 0 fully saturated rings. The number of hydrogen-bond donors (Lipinski definition) is 2. The predicted molar refractivity (Wildman–Crippen MR) is 94.3 cm³/mol. The molecule has 0 aliphatic rings. The second-order valence-corrected chi connectivity index (χ2v) is 6.59. The Morgan fingerprint density at radius 3 is 2.54 bits per heavy atom. The number of phenolic OH excluding ortho intramolecular Hbond substituents is 1. The third-order valence-electron chi connectivity index (χ3n) is 3.45. The van der Waals surface area contributed by atoms with Crippen molar-refractivity contribution in [1.82, 2.24) is 19.8 Å². The van der Waals surface area contributed by atoms with E-state index in [0.29, 0.717) is 11.4 Å². The van der Waals surface area contributed by atoms with Crippen molar-refractivity contribution in [2.24, 2.45) is 0 Å². The second kappa shape index (κ2) is 6.10. The molecule has 120 valence electrons. The smallest absolute Gasteiger partial charge is 0.236 e. The van der Waals surface area contributed by atoms with E-state index in [4.69, 9.17) is 11.6 Å². The first-order valence-electron chi connectivity index (χ1n) is 7.19. The highest BCUT2D eigenvalue weighted by atomic mass is 35.5. The van der Waals surface area contributed by atoms with Gasteiger partial charge in [0.25, 0.3) is 0 Å². The highest BCUT2D eigenvalue weighted by Crippen LogP contribution is 2.24. The van der Waals surface area contributed by atoms with E-state index < -0.39 is 0 Å². The summed E-state index contributed by atoms with van der Waals surface area (Å²) in [6, 6.07) is 14.4. The molecule has 24 heavy (non-hydrogen) atoms. The third kappa shape index (κ3) is 3.04. The highest BCUT2D eigenvalue weighted by Gasteiger charge is 2.12. The summed E-state index contributed by atoms with van der Waals surface area (Å²) in [6.45, 7) is 0. The number of anilines is 2. The van der Waals surface area contributed by atoms with E-state index in [9.17, 15) is 5.11 Å². The van der Waals surface area contributed by atoms with Crippen LogP contribution >= 0.6 is 22.9 Å². The maximum atomic E-state index is 9.35. The van der Waals surface area contributed by atoms with Gasteiger partial charge in [0.1, 0.15) is 5.75 Å². The van der Waals surface area contributed by atoms with Gasteiger partial charge in [0.15, 0.2) is 5.82 Å². The van der Waals surface area contributed by atoms with Crippen LogP contribution in [0.4, 0.5) is 10.8 Å². The van der Waals surface area contributed by atoms with Gasteiger partial charge in [-0.1, -0.05) is 35.1 Å². The number of rotatable bonds is 4. The van der Waals surface area contributed by atoms with Crippen LogP contribution in [0.3, 0.4) is 0 Å². The maximum Gasteiger partial charge on any atom is 0.236 e. The average molecular weight is 358 g/mol. The van der Waals surface area contributed by atoms with E-state index in [-0.39, 0.29) is 5.75 Å². The summed E-state index contributed by atoms with van der Waals surface area (Å²) in [6.07, 6.45) is 0.589. The Labute approximate surface area is 146 Å². The van der Waals surface area contributed by atoms with Crippen molar-refractivity contribution in [2.45, 2.75) is 6.42 Å². The fourth-order valence-electron chi connectivity index (χ4n) is 2.27. The fraction of sp³-hybridized carbons (Fsp3) is 0.0625. The maximum absolute atomic E-state index is 9.35. The Bertz CT molecular complexity index is 978. The SMILES string of the molecule is Oc1ccc(Cc2nnc3sc(Nc4ccc(Cl)cc4)nn23)cc1. The van der Waals surface area contributed by atoms with Crippen molar-refractivity contribution in [1.29, 1.82) is 0 Å². The molecule has 6 nitrogen and oxygen atoms in total. The van der Waals surface area contributed by atoms with E-state index in [1.807, 2.05) is 36.4 Å². The minimum Gasteiger partial charge on any atom is -0.508 e. The van der Waals surface area contributed by atoms with Crippen LogP contribution in [0.5, 0.6) is 5.75 Å². The van der Waals surface area contributed by atoms with E-state index in [0.717, 1.165) is 27.2 Å². The lowest BCUT2D eigenvalue weighted by Gasteiger charge is -2.01. The van der Waals surface area contributed by atoms with Crippen molar-refractivity contribution in [3.8, 4) is 5.75 Å². The molecule has 2 aromatic carbocycles. The van der Waals surface area contributed by atoms with Crippen LogP contribution in [0.1, 0.15) is 11.4 Å². The van der Waals surface area contributed by atoms with E-state index in [2.05, 4.69) is 20.6 Å². The summed E-state index contributed by atoms with van der Waals surface area (Å²) in [5.41, 5.74) is 1.94. The Hall–Kier alpha value is -2.64. The van der Waals surface area contributed by atoms with Crippen molar-refractivity contribution >= 4 is 38.7 Å². The average Bonchev–Trinajstić information content (AvgIpc) is 3.13. The Morgan fingerprint density at radius 2 is 1.79 bits per heavy atom. The zero-order valence-corrected chi connectivity index (χ0v) is 13.9. The molecule has 0 bridgehead atoms. The zero-order valence-electron chi connectivity index (χ0n) is 12.3. The summed E-state index contributed by atoms with van der Waals surface area (Å²) in [4.78, 5) is 0.722.